The number of ether oxygens (including phenoxy) is 1. The average molecular weight is 327 g/mol. The first-order valence-electron chi connectivity index (χ1n) is 7.99. The highest BCUT2D eigenvalue weighted by Crippen LogP contribution is 2.13. The van der Waals surface area contributed by atoms with E-state index in [2.05, 4.69) is 27.3 Å². The number of anilines is 1. The van der Waals surface area contributed by atoms with Crippen molar-refractivity contribution < 1.29 is 4.74 Å². The molecule has 0 amide bonds. The molecule has 0 saturated carbocycles. The lowest BCUT2D eigenvalue weighted by Gasteiger charge is -2.11. The first-order chi connectivity index (χ1) is 11.7. The number of benzene rings is 1. The van der Waals surface area contributed by atoms with Crippen LogP contribution in [-0.2, 0) is 24.9 Å². The third kappa shape index (κ3) is 3.46. The first kappa shape index (κ1) is 16.2. The van der Waals surface area contributed by atoms with Gasteiger partial charge < -0.3 is 10.1 Å². The summed E-state index contributed by atoms with van der Waals surface area (Å²) in [5.74, 6) is 0.431. The number of nitrogens with one attached hydrogen (secondary N) is 2. The fourth-order valence-corrected chi connectivity index (χ4v) is 2.49. The molecular formula is C17H21N5O2. The van der Waals surface area contributed by atoms with E-state index in [1.807, 2.05) is 24.3 Å². The molecule has 0 aliphatic rings. The van der Waals surface area contributed by atoms with Gasteiger partial charge in [-0.1, -0.05) is 31.2 Å². The largest absolute Gasteiger partial charge is 0.377 e. The van der Waals surface area contributed by atoms with Crippen LogP contribution < -0.4 is 10.9 Å². The van der Waals surface area contributed by atoms with Crippen LogP contribution in [0.2, 0.25) is 0 Å². The SMILES string of the molecule is CCCOCc1ccccc1CNc1nc2c(cnn2C)c(=O)[nH]1. The second-order valence-corrected chi connectivity index (χ2v) is 5.59. The van der Waals surface area contributed by atoms with Gasteiger partial charge >= 0.3 is 0 Å². The number of aryl methyl sites for hydroxylation is 1. The molecule has 0 radical (unpaired) electrons. The van der Waals surface area contributed by atoms with Crippen molar-refractivity contribution in [3.63, 3.8) is 0 Å². The van der Waals surface area contributed by atoms with Crippen LogP contribution in [0.3, 0.4) is 0 Å². The number of nitrogens with zero attached hydrogens (tertiary/aromatic N) is 3. The van der Waals surface area contributed by atoms with Crippen LogP contribution >= 0.6 is 0 Å². The molecule has 2 N–H and O–H groups in total. The molecule has 2 heterocycles. The smallest absolute Gasteiger partial charge is 0.263 e. The summed E-state index contributed by atoms with van der Waals surface area (Å²) in [5.41, 5.74) is 2.60. The van der Waals surface area contributed by atoms with Gasteiger partial charge in [0.15, 0.2) is 5.65 Å². The lowest BCUT2D eigenvalue weighted by atomic mass is 10.1. The molecule has 7 heteroatoms. The summed E-state index contributed by atoms with van der Waals surface area (Å²) in [4.78, 5) is 19.2. The van der Waals surface area contributed by atoms with E-state index in [0.29, 0.717) is 30.1 Å². The summed E-state index contributed by atoms with van der Waals surface area (Å²) in [5, 5.41) is 7.72. The molecule has 7 nitrogen and oxygen atoms in total. The second kappa shape index (κ2) is 7.27. The second-order valence-electron chi connectivity index (χ2n) is 5.59. The van der Waals surface area contributed by atoms with Gasteiger partial charge in [0, 0.05) is 20.2 Å². The molecule has 0 spiro atoms. The maximum atomic E-state index is 12.1. The number of aromatic amines is 1. The normalized spacial score (nSPS) is 11.1. The Morgan fingerprint density at radius 1 is 1.29 bits per heavy atom. The van der Waals surface area contributed by atoms with Gasteiger partial charge in [-0.3, -0.25) is 14.5 Å². The predicted molar refractivity (Wildman–Crippen MR) is 92.8 cm³/mol. The first-order valence-corrected chi connectivity index (χ1v) is 7.99. The van der Waals surface area contributed by atoms with Crippen LogP contribution in [0.4, 0.5) is 5.95 Å². The van der Waals surface area contributed by atoms with Gasteiger partial charge in [-0.25, -0.2) is 0 Å². The van der Waals surface area contributed by atoms with Crippen molar-refractivity contribution in [2.45, 2.75) is 26.5 Å². The maximum Gasteiger partial charge on any atom is 0.263 e. The van der Waals surface area contributed by atoms with E-state index in [1.54, 1.807) is 11.7 Å². The van der Waals surface area contributed by atoms with Gasteiger partial charge in [-0.15, -0.1) is 0 Å². The van der Waals surface area contributed by atoms with E-state index in [0.717, 1.165) is 24.2 Å². The molecular weight excluding hydrogens is 306 g/mol. The van der Waals surface area contributed by atoms with E-state index in [1.165, 1.54) is 6.20 Å². The minimum Gasteiger partial charge on any atom is -0.377 e. The molecule has 0 fully saturated rings. The number of H-pyrrole nitrogens is 1. The quantitative estimate of drug-likeness (QED) is 0.650. The van der Waals surface area contributed by atoms with Gasteiger partial charge in [0.05, 0.1) is 12.8 Å². The van der Waals surface area contributed by atoms with Crippen LogP contribution in [0.5, 0.6) is 0 Å². The highest BCUT2D eigenvalue weighted by Gasteiger charge is 2.08. The molecule has 126 valence electrons. The summed E-state index contributed by atoms with van der Waals surface area (Å²) in [7, 11) is 1.76. The fourth-order valence-electron chi connectivity index (χ4n) is 2.49. The Morgan fingerprint density at radius 2 is 2.08 bits per heavy atom. The molecule has 0 saturated heterocycles. The van der Waals surface area contributed by atoms with Gasteiger partial charge in [-0.2, -0.15) is 10.1 Å². The Morgan fingerprint density at radius 3 is 2.88 bits per heavy atom. The minimum absolute atomic E-state index is 0.199. The molecule has 0 bridgehead atoms. The molecule has 1 aromatic carbocycles. The highest BCUT2D eigenvalue weighted by molar-refractivity contribution is 5.74. The number of rotatable bonds is 7. The minimum atomic E-state index is -0.199. The monoisotopic (exact) mass is 327 g/mol. The molecule has 0 atom stereocenters. The standard InChI is InChI=1S/C17H21N5O2/c1-3-8-24-11-13-7-5-4-6-12(13)9-18-17-20-15-14(16(23)21-17)10-19-22(15)2/h4-7,10H,3,8-9,11H2,1-2H3,(H2,18,20,21,23). The van der Waals surface area contributed by atoms with E-state index in [4.69, 9.17) is 4.74 Å². The molecule has 0 aliphatic heterocycles. The number of hydrogen-bond acceptors (Lipinski definition) is 5. The summed E-state index contributed by atoms with van der Waals surface area (Å²) < 4.78 is 7.22. The maximum absolute atomic E-state index is 12.1. The van der Waals surface area contributed by atoms with Crippen molar-refractivity contribution in [2.24, 2.45) is 7.05 Å². The summed E-state index contributed by atoms with van der Waals surface area (Å²) in [6.45, 7) is 3.96. The van der Waals surface area contributed by atoms with Crippen molar-refractivity contribution in [3.8, 4) is 0 Å². The van der Waals surface area contributed by atoms with Gasteiger partial charge in [0.2, 0.25) is 5.95 Å². The number of fused-ring (bicyclic) bond motifs is 1. The van der Waals surface area contributed by atoms with Gasteiger partial charge in [-0.05, 0) is 17.5 Å². The Balaban J connectivity index is 1.76. The van der Waals surface area contributed by atoms with Crippen molar-refractivity contribution in [1.29, 1.82) is 0 Å². The van der Waals surface area contributed by atoms with Crippen LogP contribution in [-0.4, -0.2) is 26.4 Å². The Bertz CT molecular complexity index is 884. The Hall–Kier alpha value is -2.67. The summed E-state index contributed by atoms with van der Waals surface area (Å²) in [6.07, 6.45) is 2.52. The third-order valence-electron chi connectivity index (χ3n) is 3.77. The lowest BCUT2D eigenvalue weighted by molar-refractivity contribution is 0.121. The molecule has 0 unspecified atom stereocenters. The van der Waals surface area contributed by atoms with Crippen LogP contribution in [0.15, 0.2) is 35.3 Å². The predicted octanol–water partition coefficient (Wildman–Crippen LogP) is 2.20. The Labute approximate surface area is 139 Å². The van der Waals surface area contributed by atoms with Gasteiger partial charge in [0.1, 0.15) is 5.39 Å². The van der Waals surface area contributed by atoms with E-state index in [9.17, 15) is 4.79 Å². The summed E-state index contributed by atoms with van der Waals surface area (Å²) in [6, 6.07) is 8.07. The van der Waals surface area contributed by atoms with Crippen LogP contribution in [0.25, 0.3) is 11.0 Å². The highest BCUT2D eigenvalue weighted by atomic mass is 16.5. The lowest BCUT2D eigenvalue weighted by Crippen LogP contribution is -2.14. The van der Waals surface area contributed by atoms with Crippen molar-refractivity contribution in [1.82, 2.24) is 19.7 Å². The average Bonchev–Trinajstić information content (AvgIpc) is 2.96. The van der Waals surface area contributed by atoms with Gasteiger partial charge in [0.25, 0.3) is 5.56 Å². The topological polar surface area (TPSA) is 84.8 Å². The fraction of sp³-hybridized carbons (Fsp3) is 0.353. The van der Waals surface area contributed by atoms with Crippen LogP contribution in [0, 0.1) is 0 Å². The van der Waals surface area contributed by atoms with E-state index in [-0.39, 0.29) is 5.56 Å². The van der Waals surface area contributed by atoms with Crippen molar-refractivity contribution in [2.75, 3.05) is 11.9 Å². The molecule has 0 aliphatic carbocycles. The molecule has 3 rings (SSSR count). The van der Waals surface area contributed by atoms with Crippen LogP contribution in [0.1, 0.15) is 24.5 Å². The van der Waals surface area contributed by atoms with Crippen molar-refractivity contribution in [3.05, 3.63) is 51.9 Å². The van der Waals surface area contributed by atoms with E-state index < -0.39 is 0 Å². The number of hydrogen-bond donors (Lipinski definition) is 2. The van der Waals surface area contributed by atoms with Crippen molar-refractivity contribution >= 4 is 17.0 Å². The third-order valence-corrected chi connectivity index (χ3v) is 3.77. The van der Waals surface area contributed by atoms with E-state index >= 15 is 0 Å². The molecule has 2 aromatic heterocycles. The zero-order valence-electron chi connectivity index (χ0n) is 13.9. The number of aromatic nitrogens is 4. The molecule has 24 heavy (non-hydrogen) atoms. The molecule has 3 aromatic rings. The Kier molecular flexibility index (Phi) is 4.90. The summed E-state index contributed by atoms with van der Waals surface area (Å²) >= 11 is 0. The zero-order chi connectivity index (χ0) is 16.9. The zero-order valence-corrected chi connectivity index (χ0v) is 13.9.